The van der Waals surface area contributed by atoms with Crippen LogP contribution in [0.2, 0.25) is 0 Å². The van der Waals surface area contributed by atoms with Crippen LogP contribution < -0.4 is 0 Å². The van der Waals surface area contributed by atoms with Crippen LogP contribution in [0, 0.1) is 11.3 Å². The highest BCUT2D eigenvalue weighted by atomic mass is 19.4. The molecule has 0 aliphatic carbocycles. The lowest BCUT2D eigenvalue weighted by Gasteiger charge is -2.10. The van der Waals surface area contributed by atoms with Crippen molar-refractivity contribution in [3.8, 4) is 11.8 Å². The van der Waals surface area contributed by atoms with E-state index in [2.05, 4.69) is 5.10 Å². The van der Waals surface area contributed by atoms with Crippen molar-refractivity contribution in [1.29, 1.82) is 5.26 Å². The minimum absolute atomic E-state index is 0.412. The van der Waals surface area contributed by atoms with Crippen molar-refractivity contribution >= 4 is 0 Å². The highest BCUT2D eigenvalue weighted by Gasteiger charge is 2.33. The number of nitrogens with zero attached hydrogens (tertiary/aromatic N) is 3. The van der Waals surface area contributed by atoms with Gasteiger partial charge in [0.2, 0.25) is 0 Å². The predicted molar refractivity (Wildman–Crippen MR) is 53.3 cm³/mol. The lowest BCUT2D eigenvalue weighted by Crippen LogP contribution is -2.08. The van der Waals surface area contributed by atoms with Crippen LogP contribution in [0.3, 0.4) is 0 Å². The predicted octanol–water partition coefficient (Wildman–Crippen LogP) is 2.76. The van der Waals surface area contributed by atoms with Crippen molar-refractivity contribution in [2.24, 2.45) is 0 Å². The van der Waals surface area contributed by atoms with E-state index in [0.717, 1.165) is 12.1 Å². The zero-order valence-electron chi connectivity index (χ0n) is 8.44. The lowest BCUT2D eigenvalue weighted by molar-refractivity contribution is -0.137. The van der Waals surface area contributed by atoms with Crippen molar-refractivity contribution in [2.75, 3.05) is 0 Å². The highest BCUT2D eigenvalue weighted by molar-refractivity contribution is 5.47. The Morgan fingerprint density at radius 3 is 2.59 bits per heavy atom. The molecule has 0 aliphatic heterocycles. The first-order valence-corrected chi connectivity index (χ1v) is 4.64. The Morgan fingerprint density at radius 2 is 2.06 bits per heavy atom. The average Bonchev–Trinajstić information content (AvgIpc) is 2.80. The normalized spacial score (nSPS) is 11.2. The van der Waals surface area contributed by atoms with E-state index in [0.29, 0.717) is 5.69 Å². The van der Waals surface area contributed by atoms with Crippen LogP contribution in [0.15, 0.2) is 36.7 Å². The minimum Gasteiger partial charge on any atom is -0.241 e. The third-order valence-electron chi connectivity index (χ3n) is 2.20. The lowest BCUT2D eigenvalue weighted by atomic mass is 10.1. The van der Waals surface area contributed by atoms with Gasteiger partial charge in [-0.1, -0.05) is 0 Å². The molecule has 0 spiro atoms. The Morgan fingerprint density at radius 1 is 1.29 bits per heavy atom. The number of hydrogen-bond donors (Lipinski definition) is 0. The SMILES string of the molecule is N#Cc1cc(-n2cccn2)ccc1C(F)(F)F. The summed E-state index contributed by atoms with van der Waals surface area (Å²) in [5.41, 5.74) is -0.930. The molecule has 0 radical (unpaired) electrons. The fourth-order valence-electron chi connectivity index (χ4n) is 1.44. The number of aromatic nitrogens is 2. The van der Waals surface area contributed by atoms with E-state index in [1.54, 1.807) is 18.3 Å². The van der Waals surface area contributed by atoms with Crippen molar-refractivity contribution < 1.29 is 13.2 Å². The Kier molecular flexibility index (Phi) is 2.60. The molecule has 0 fully saturated rings. The second-order valence-corrected chi connectivity index (χ2v) is 3.29. The van der Waals surface area contributed by atoms with E-state index >= 15 is 0 Å². The largest absolute Gasteiger partial charge is 0.417 e. The molecule has 0 unspecified atom stereocenters. The van der Waals surface area contributed by atoms with E-state index in [9.17, 15) is 13.2 Å². The second-order valence-electron chi connectivity index (χ2n) is 3.29. The smallest absolute Gasteiger partial charge is 0.241 e. The molecule has 1 heterocycles. The summed E-state index contributed by atoms with van der Waals surface area (Å²) in [6.45, 7) is 0. The molecule has 0 amide bonds. The molecule has 1 aromatic heterocycles. The third kappa shape index (κ3) is 2.13. The summed E-state index contributed by atoms with van der Waals surface area (Å²) in [6, 6.07) is 6.51. The quantitative estimate of drug-likeness (QED) is 0.765. The van der Waals surface area contributed by atoms with E-state index in [-0.39, 0.29) is 0 Å². The maximum Gasteiger partial charge on any atom is 0.417 e. The second kappa shape index (κ2) is 3.94. The Balaban J connectivity index is 2.54. The summed E-state index contributed by atoms with van der Waals surface area (Å²) in [6.07, 6.45) is -1.43. The molecule has 2 rings (SSSR count). The Labute approximate surface area is 94.7 Å². The molecular formula is C11H6F3N3. The van der Waals surface area contributed by atoms with Gasteiger partial charge in [-0.3, -0.25) is 0 Å². The molecule has 86 valence electrons. The number of rotatable bonds is 1. The van der Waals surface area contributed by atoms with Crippen LogP contribution >= 0.6 is 0 Å². The number of nitriles is 1. The van der Waals surface area contributed by atoms with Gasteiger partial charge in [-0.05, 0) is 24.3 Å². The van der Waals surface area contributed by atoms with Gasteiger partial charge in [-0.15, -0.1) is 0 Å². The van der Waals surface area contributed by atoms with Crippen LogP contribution in [0.4, 0.5) is 13.2 Å². The van der Waals surface area contributed by atoms with Gasteiger partial charge in [0.15, 0.2) is 0 Å². The topological polar surface area (TPSA) is 41.6 Å². The van der Waals surface area contributed by atoms with E-state index in [1.807, 2.05) is 0 Å². The molecule has 0 bridgehead atoms. The number of halogens is 3. The molecule has 0 atom stereocenters. The monoisotopic (exact) mass is 237 g/mol. The first-order valence-electron chi connectivity index (χ1n) is 4.64. The van der Waals surface area contributed by atoms with Crippen LogP contribution in [0.5, 0.6) is 0 Å². The number of alkyl halides is 3. The average molecular weight is 237 g/mol. The fourth-order valence-corrected chi connectivity index (χ4v) is 1.44. The maximum atomic E-state index is 12.5. The molecule has 2 aromatic rings. The summed E-state index contributed by atoms with van der Waals surface area (Å²) >= 11 is 0. The zero-order chi connectivity index (χ0) is 12.5. The van der Waals surface area contributed by atoms with Gasteiger partial charge < -0.3 is 0 Å². The van der Waals surface area contributed by atoms with Gasteiger partial charge in [0, 0.05) is 12.4 Å². The molecule has 1 aromatic carbocycles. The summed E-state index contributed by atoms with van der Waals surface area (Å²) in [4.78, 5) is 0. The zero-order valence-corrected chi connectivity index (χ0v) is 8.44. The summed E-state index contributed by atoms with van der Waals surface area (Å²) in [5.74, 6) is 0. The number of benzene rings is 1. The van der Waals surface area contributed by atoms with Crippen LogP contribution in [-0.2, 0) is 6.18 Å². The summed E-state index contributed by atoms with van der Waals surface area (Å²) in [5, 5.41) is 12.6. The van der Waals surface area contributed by atoms with Crippen molar-refractivity contribution in [3.05, 3.63) is 47.8 Å². The van der Waals surface area contributed by atoms with E-state index < -0.39 is 17.3 Å². The molecule has 0 saturated heterocycles. The summed E-state index contributed by atoms with van der Waals surface area (Å²) < 4.78 is 39.0. The minimum atomic E-state index is -4.52. The molecule has 17 heavy (non-hydrogen) atoms. The van der Waals surface area contributed by atoms with Gasteiger partial charge in [-0.25, -0.2) is 4.68 Å². The molecule has 0 N–H and O–H groups in total. The Bertz CT molecular complexity index is 565. The number of hydrogen-bond acceptors (Lipinski definition) is 2. The van der Waals surface area contributed by atoms with Crippen molar-refractivity contribution in [3.63, 3.8) is 0 Å². The maximum absolute atomic E-state index is 12.5. The molecular weight excluding hydrogens is 231 g/mol. The van der Waals surface area contributed by atoms with Crippen molar-refractivity contribution in [2.45, 2.75) is 6.18 Å². The molecule has 3 nitrogen and oxygen atoms in total. The summed E-state index contributed by atoms with van der Waals surface area (Å²) in [7, 11) is 0. The Hall–Kier alpha value is -2.29. The van der Waals surface area contributed by atoms with Gasteiger partial charge in [0.25, 0.3) is 0 Å². The van der Waals surface area contributed by atoms with Crippen molar-refractivity contribution in [1.82, 2.24) is 9.78 Å². The van der Waals surface area contributed by atoms with Gasteiger partial charge in [0.05, 0.1) is 22.9 Å². The molecule has 0 aliphatic rings. The first-order chi connectivity index (χ1) is 8.02. The van der Waals surface area contributed by atoms with Gasteiger partial charge in [-0.2, -0.15) is 23.5 Å². The van der Waals surface area contributed by atoms with E-state index in [1.165, 1.54) is 16.9 Å². The van der Waals surface area contributed by atoms with Crippen LogP contribution in [0.25, 0.3) is 5.69 Å². The standard InChI is InChI=1S/C11H6F3N3/c12-11(13,14)10-3-2-9(6-8(10)7-15)17-5-1-4-16-17/h1-6H. The van der Waals surface area contributed by atoms with E-state index in [4.69, 9.17) is 5.26 Å². The third-order valence-corrected chi connectivity index (χ3v) is 2.20. The first kappa shape index (κ1) is 11.2. The highest BCUT2D eigenvalue weighted by Crippen LogP contribution is 2.32. The van der Waals surface area contributed by atoms with Gasteiger partial charge in [0.1, 0.15) is 0 Å². The fraction of sp³-hybridized carbons (Fsp3) is 0.0909. The van der Waals surface area contributed by atoms with Gasteiger partial charge >= 0.3 is 6.18 Å². The van der Waals surface area contributed by atoms with Crippen LogP contribution in [0.1, 0.15) is 11.1 Å². The molecule has 0 saturated carbocycles. The molecule has 6 heteroatoms. The van der Waals surface area contributed by atoms with Crippen LogP contribution in [-0.4, -0.2) is 9.78 Å².